The van der Waals surface area contributed by atoms with Crippen LogP contribution in [0, 0.1) is 0 Å². The van der Waals surface area contributed by atoms with Gasteiger partial charge in [0, 0.05) is 5.69 Å². The Morgan fingerprint density at radius 1 is 1.27 bits per heavy atom. The SMILES string of the molecule is CC(C)(C)c1ccc(NSN(N)O)cc1. The van der Waals surface area contributed by atoms with Crippen LogP contribution in [0.5, 0.6) is 0 Å². The first-order valence-electron chi connectivity index (χ1n) is 4.67. The molecule has 4 N–H and O–H groups in total. The van der Waals surface area contributed by atoms with Crippen LogP contribution in [0.1, 0.15) is 26.3 Å². The first-order valence-corrected chi connectivity index (χ1v) is 5.44. The maximum Gasteiger partial charge on any atom is 0.0809 e. The van der Waals surface area contributed by atoms with E-state index >= 15 is 0 Å². The summed E-state index contributed by atoms with van der Waals surface area (Å²) in [7, 11) is 0. The van der Waals surface area contributed by atoms with Crippen molar-refractivity contribution in [1.82, 2.24) is 4.58 Å². The van der Waals surface area contributed by atoms with Crippen LogP contribution in [0.25, 0.3) is 0 Å². The molecule has 0 aliphatic carbocycles. The third-order valence-corrected chi connectivity index (χ3v) is 2.52. The first kappa shape index (κ1) is 12.3. The molecule has 0 aliphatic heterocycles. The molecular weight excluding hydrogens is 210 g/mol. The average Bonchev–Trinajstić information content (AvgIpc) is 2.14. The lowest BCUT2D eigenvalue weighted by atomic mass is 9.87. The molecule has 0 aromatic heterocycles. The van der Waals surface area contributed by atoms with Gasteiger partial charge in [-0.25, -0.2) is 5.84 Å². The number of anilines is 1. The van der Waals surface area contributed by atoms with Gasteiger partial charge in [0.1, 0.15) is 0 Å². The number of hydrogen-bond acceptors (Lipinski definition) is 5. The Labute approximate surface area is 94.7 Å². The number of nitrogens with one attached hydrogen (secondary N) is 1. The number of rotatable bonds is 3. The molecule has 0 spiro atoms. The summed E-state index contributed by atoms with van der Waals surface area (Å²) in [5, 5.41) is 8.71. The Bertz CT molecular complexity index is 305. The molecule has 0 unspecified atom stereocenters. The molecule has 1 rings (SSSR count). The second-order valence-electron chi connectivity index (χ2n) is 4.32. The minimum Gasteiger partial charge on any atom is -0.314 e. The third kappa shape index (κ3) is 4.09. The Balaban J connectivity index is 2.65. The Morgan fingerprint density at radius 3 is 2.20 bits per heavy atom. The lowest BCUT2D eigenvalue weighted by Crippen LogP contribution is -2.20. The van der Waals surface area contributed by atoms with E-state index in [1.807, 2.05) is 12.1 Å². The molecule has 1 aromatic rings. The fourth-order valence-electron chi connectivity index (χ4n) is 1.14. The number of nitrogens with zero attached hydrogens (tertiary/aromatic N) is 1. The Kier molecular flexibility index (Phi) is 3.98. The summed E-state index contributed by atoms with van der Waals surface area (Å²) >= 11 is 0.914. The summed E-state index contributed by atoms with van der Waals surface area (Å²) in [5.74, 6) is 5.03. The molecular formula is C10H17N3OS. The van der Waals surface area contributed by atoms with E-state index in [1.54, 1.807) is 0 Å². The van der Waals surface area contributed by atoms with Gasteiger partial charge in [0.2, 0.25) is 0 Å². The van der Waals surface area contributed by atoms with Crippen LogP contribution < -0.4 is 10.6 Å². The molecule has 84 valence electrons. The van der Waals surface area contributed by atoms with Gasteiger partial charge in [-0.1, -0.05) is 32.9 Å². The monoisotopic (exact) mass is 227 g/mol. The topological polar surface area (TPSA) is 61.5 Å². The normalized spacial score (nSPS) is 11.9. The van der Waals surface area contributed by atoms with Crippen LogP contribution in [-0.2, 0) is 5.41 Å². The van der Waals surface area contributed by atoms with Crippen LogP contribution in [-0.4, -0.2) is 9.78 Å². The van der Waals surface area contributed by atoms with Crippen molar-refractivity contribution < 1.29 is 5.21 Å². The molecule has 0 amide bonds. The van der Waals surface area contributed by atoms with E-state index in [0.29, 0.717) is 4.58 Å². The van der Waals surface area contributed by atoms with Gasteiger partial charge in [0.05, 0.1) is 12.1 Å². The van der Waals surface area contributed by atoms with Crippen molar-refractivity contribution in [3.8, 4) is 0 Å². The van der Waals surface area contributed by atoms with Gasteiger partial charge < -0.3 is 4.72 Å². The molecule has 5 heteroatoms. The van der Waals surface area contributed by atoms with Gasteiger partial charge in [-0.3, -0.25) is 5.21 Å². The number of benzene rings is 1. The highest BCUT2D eigenvalue weighted by molar-refractivity contribution is 7.98. The summed E-state index contributed by atoms with van der Waals surface area (Å²) in [4.78, 5) is 0. The first-order chi connectivity index (χ1) is 6.89. The molecule has 0 heterocycles. The zero-order valence-corrected chi connectivity index (χ0v) is 10.0. The van der Waals surface area contributed by atoms with E-state index in [0.717, 1.165) is 17.8 Å². The van der Waals surface area contributed by atoms with E-state index in [4.69, 9.17) is 11.0 Å². The van der Waals surface area contributed by atoms with Crippen LogP contribution >= 0.6 is 12.1 Å². The zero-order valence-electron chi connectivity index (χ0n) is 9.19. The molecule has 0 fully saturated rings. The summed E-state index contributed by atoms with van der Waals surface area (Å²) in [6, 6.07) is 8.02. The number of nitrogens with two attached hydrogens (primary N) is 1. The highest BCUT2D eigenvalue weighted by Gasteiger charge is 2.12. The Hall–Kier alpha value is -0.750. The number of hydrazine groups is 1. The fourth-order valence-corrected chi connectivity index (χ4v) is 1.47. The Morgan fingerprint density at radius 2 is 1.80 bits per heavy atom. The van der Waals surface area contributed by atoms with Gasteiger partial charge >= 0.3 is 0 Å². The zero-order chi connectivity index (χ0) is 11.5. The van der Waals surface area contributed by atoms with E-state index < -0.39 is 0 Å². The van der Waals surface area contributed by atoms with Gasteiger partial charge in [-0.2, -0.15) is 0 Å². The van der Waals surface area contributed by atoms with Crippen molar-refractivity contribution in [2.75, 3.05) is 4.72 Å². The average molecular weight is 227 g/mol. The van der Waals surface area contributed by atoms with E-state index in [-0.39, 0.29) is 5.41 Å². The maximum absolute atomic E-state index is 8.71. The molecule has 0 saturated carbocycles. The summed E-state index contributed by atoms with van der Waals surface area (Å²) in [6.45, 7) is 6.50. The van der Waals surface area contributed by atoms with E-state index in [9.17, 15) is 0 Å². The van der Waals surface area contributed by atoms with Gasteiger partial charge in [-0.05, 0) is 27.7 Å². The molecule has 1 aromatic carbocycles. The molecule has 15 heavy (non-hydrogen) atoms. The second kappa shape index (κ2) is 4.85. The highest BCUT2D eigenvalue weighted by atomic mass is 32.2. The molecule has 4 nitrogen and oxygen atoms in total. The fraction of sp³-hybridized carbons (Fsp3) is 0.400. The van der Waals surface area contributed by atoms with Crippen LogP contribution in [0.3, 0.4) is 0 Å². The lowest BCUT2D eigenvalue weighted by molar-refractivity contribution is 0.0169. The van der Waals surface area contributed by atoms with E-state index in [2.05, 4.69) is 37.6 Å². The van der Waals surface area contributed by atoms with Crippen LogP contribution in [0.2, 0.25) is 0 Å². The smallest absolute Gasteiger partial charge is 0.0809 e. The highest BCUT2D eigenvalue weighted by Crippen LogP contribution is 2.24. The predicted molar refractivity (Wildman–Crippen MR) is 64.2 cm³/mol. The third-order valence-electron chi connectivity index (χ3n) is 2.01. The summed E-state index contributed by atoms with van der Waals surface area (Å²) < 4.78 is 3.42. The lowest BCUT2D eigenvalue weighted by Gasteiger charge is -2.19. The molecule has 0 saturated heterocycles. The van der Waals surface area contributed by atoms with Crippen LogP contribution in [0.15, 0.2) is 24.3 Å². The minimum absolute atomic E-state index is 0.155. The predicted octanol–water partition coefficient (Wildman–Crippen LogP) is 2.52. The van der Waals surface area contributed by atoms with Gasteiger partial charge in [0.15, 0.2) is 0 Å². The minimum atomic E-state index is 0.155. The second-order valence-corrected chi connectivity index (χ2v) is 5.08. The van der Waals surface area contributed by atoms with Gasteiger partial charge in [0.25, 0.3) is 0 Å². The van der Waals surface area contributed by atoms with Crippen molar-refractivity contribution in [3.05, 3.63) is 29.8 Å². The molecule has 0 aliphatic rings. The quantitative estimate of drug-likeness (QED) is 0.421. The summed E-state index contributed by atoms with van der Waals surface area (Å²) in [5.41, 5.74) is 2.33. The maximum atomic E-state index is 8.71. The van der Waals surface area contributed by atoms with Crippen LogP contribution in [0.4, 0.5) is 5.69 Å². The molecule has 0 atom stereocenters. The van der Waals surface area contributed by atoms with Crippen molar-refractivity contribution >= 4 is 17.8 Å². The van der Waals surface area contributed by atoms with Crippen molar-refractivity contribution in [3.63, 3.8) is 0 Å². The largest absolute Gasteiger partial charge is 0.314 e. The summed E-state index contributed by atoms with van der Waals surface area (Å²) in [6.07, 6.45) is 0. The molecule has 0 bridgehead atoms. The van der Waals surface area contributed by atoms with Crippen molar-refractivity contribution in [2.24, 2.45) is 5.84 Å². The van der Waals surface area contributed by atoms with Gasteiger partial charge in [-0.15, -0.1) is 0 Å². The number of hydrogen-bond donors (Lipinski definition) is 3. The van der Waals surface area contributed by atoms with Crippen molar-refractivity contribution in [1.29, 1.82) is 0 Å². The van der Waals surface area contributed by atoms with E-state index in [1.165, 1.54) is 5.56 Å². The standard InChI is InChI=1S/C10H17N3OS/c1-10(2,3)8-4-6-9(7-5-8)12-15-13(11)14/h4-7,12,14H,11H2,1-3H3. The molecule has 0 radical (unpaired) electrons. The van der Waals surface area contributed by atoms with Crippen molar-refractivity contribution in [2.45, 2.75) is 26.2 Å².